The van der Waals surface area contributed by atoms with Gasteiger partial charge >= 0.3 is 0 Å². The molecule has 0 spiro atoms. The van der Waals surface area contributed by atoms with Crippen molar-refractivity contribution in [2.24, 2.45) is 0 Å². The molecule has 2 rings (SSSR count). The van der Waals surface area contributed by atoms with Gasteiger partial charge in [-0.1, -0.05) is 25.8 Å². The predicted molar refractivity (Wildman–Crippen MR) is 89.2 cm³/mol. The number of nitrogens with two attached hydrogens (primary N) is 1. The van der Waals surface area contributed by atoms with Crippen LogP contribution in [0.4, 0.5) is 5.69 Å². The minimum Gasteiger partial charge on any atom is -0.496 e. The van der Waals surface area contributed by atoms with Crippen molar-refractivity contribution in [3.63, 3.8) is 0 Å². The van der Waals surface area contributed by atoms with E-state index in [2.05, 4.69) is 12.2 Å². The van der Waals surface area contributed by atoms with Crippen LogP contribution >= 0.6 is 11.3 Å². The Morgan fingerprint density at radius 2 is 2.24 bits per heavy atom. The third-order valence-electron chi connectivity index (χ3n) is 3.51. The van der Waals surface area contributed by atoms with Crippen molar-refractivity contribution in [1.29, 1.82) is 0 Å². The highest BCUT2D eigenvalue weighted by Crippen LogP contribution is 2.39. The minimum absolute atomic E-state index is 0.0978. The van der Waals surface area contributed by atoms with E-state index in [0.29, 0.717) is 16.3 Å². The summed E-state index contributed by atoms with van der Waals surface area (Å²) < 4.78 is 6.30. The van der Waals surface area contributed by atoms with Gasteiger partial charge in [0.2, 0.25) is 0 Å². The highest BCUT2D eigenvalue weighted by molar-refractivity contribution is 7.21. The molecule has 0 aliphatic carbocycles. The molecule has 1 aromatic carbocycles. The number of unbranched alkanes of at least 4 members (excludes halogenated alkanes) is 1. The molecule has 2 aromatic rings. The number of thiophene rings is 1. The van der Waals surface area contributed by atoms with Gasteiger partial charge in [-0.25, -0.2) is 0 Å². The molecule has 0 saturated carbocycles. The number of anilines is 1. The maximum absolute atomic E-state index is 12.4. The van der Waals surface area contributed by atoms with E-state index in [9.17, 15) is 4.79 Å². The molecule has 0 radical (unpaired) electrons. The standard InChI is InChI=1S/C16H22N2O2S/c1-4-5-7-10(2)18-16(19)15-14(17)13-11(20-3)8-6-9-12(13)21-15/h6,8-10H,4-5,7,17H2,1-3H3,(H,18,19). The number of rotatable bonds is 6. The van der Waals surface area contributed by atoms with Gasteiger partial charge in [-0.05, 0) is 25.5 Å². The van der Waals surface area contributed by atoms with Crippen LogP contribution in [0.5, 0.6) is 5.75 Å². The van der Waals surface area contributed by atoms with Gasteiger partial charge < -0.3 is 15.8 Å². The number of amides is 1. The molecule has 0 saturated heterocycles. The molecule has 0 aliphatic rings. The van der Waals surface area contributed by atoms with Gasteiger partial charge in [-0.2, -0.15) is 0 Å². The van der Waals surface area contributed by atoms with Gasteiger partial charge in [0.25, 0.3) is 5.91 Å². The molecular formula is C16H22N2O2S. The van der Waals surface area contributed by atoms with E-state index in [-0.39, 0.29) is 11.9 Å². The number of methoxy groups -OCH3 is 1. The topological polar surface area (TPSA) is 64.3 Å². The molecule has 21 heavy (non-hydrogen) atoms. The predicted octanol–water partition coefficient (Wildman–Crippen LogP) is 3.80. The van der Waals surface area contributed by atoms with E-state index in [1.807, 2.05) is 25.1 Å². The number of nitrogens with one attached hydrogen (secondary N) is 1. The van der Waals surface area contributed by atoms with Crippen molar-refractivity contribution in [1.82, 2.24) is 5.32 Å². The van der Waals surface area contributed by atoms with Crippen LogP contribution in [0, 0.1) is 0 Å². The lowest BCUT2D eigenvalue weighted by atomic mass is 10.1. The van der Waals surface area contributed by atoms with Crippen LogP contribution in [0.25, 0.3) is 10.1 Å². The molecule has 1 amide bonds. The summed E-state index contributed by atoms with van der Waals surface area (Å²) >= 11 is 1.41. The van der Waals surface area contributed by atoms with E-state index < -0.39 is 0 Å². The first-order valence-corrected chi connectivity index (χ1v) is 8.06. The molecule has 1 heterocycles. The molecule has 0 fully saturated rings. The lowest BCUT2D eigenvalue weighted by Gasteiger charge is -2.12. The quantitative estimate of drug-likeness (QED) is 0.853. The Bertz CT molecular complexity index is 636. The summed E-state index contributed by atoms with van der Waals surface area (Å²) in [5.41, 5.74) is 6.67. The van der Waals surface area contributed by atoms with Gasteiger partial charge in [0.1, 0.15) is 10.6 Å². The summed E-state index contributed by atoms with van der Waals surface area (Å²) in [5.74, 6) is 0.610. The second-order valence-corrected chi connectivity index (χ2v) is 6.25. The normalized spacial score (nSPS) is 12.3. The second kappa shape index (κ2) is 6.80. The molecule has 4 nitrogen and oxygen atoms in total. The van der Waals surface area contributed by atoms with Crippen LogP contribution in [0.15, 0.2) is 18.2 Å². The lowest BCUT2D eigenvalue weighted by molar-refractivity contribution is 0.0943. The Morgan fingerprint density at radius 3 is 2.90 bits per heavy atom. The van der Waals surface area contributed by atoms with Gasteiger partial charge in [0, 0.05) is 10.7 Å². The summed E-state index contributed by atoms with van der Waals surface area (Å²) in [7, 11) is 1.61. The van der Waals surface area contributed by atoms with E-state index in [1.165, 1.54) is 11.3 Å². The number of fused-ring (bicyclic) bond motifs is 1. The van der Waals surface area contributed by atoms with Gasteiger partial charge in [0.05, 0.1) is 18.2 Å². The maximum Gasteiger partial charge on any atom is 0.263 e. The number of hydrogen-bond acceptors (Lipinski definition) is 4. The number of ether oxygens (including phenoxy) is 1. The number of carbonyl (C=O) groups excluding carboxylic acids is 1. The van der Waals surface area contributed by atoms with Gasteiger partial charge in [-0.3, -0.25) is 4.79 Å². The van der Waals surface area contributed by atoms with Crippen molar-refractivity contribution in [2.45, 2.75) is 39.2 Å². The summed E-state index contributed by atoms with van der Waals surface area (Å²) in [6.45, 7) is 4.17. The van der Waals surface area contributed by atoms with Crippen molar-refractivity contribution < 1.29 is 9.53 Å². The van der Waals surface area contributed by atoms with Crippen LogP contribution in [-0.2, 0) is 0 Å². The molecule has 1 unspecified atom stereocenters. The fourth-order valence-corrected chi connectivity index (χ4v) is 3.39. The number of nitrogen functional groups attached to an aromatic ring is 1. The maximum atomic E-state index is 12.4. The number of benzene rings is 1. The highest BCUT2D eigenvalue weighted by Gasteiger charge is 2.19. The number of hydrogen-bond donors (Lipinski definition) is 2. The zero-order valence-corrected chi connectivity index (χ0v) is 13.5. The lowest BCUT2D eigenvalue weighted by Crippen LogP contribution is -2.32. The van der Waals surface area contributed by atoms with Crippen LogP contribution in [0.1, 0.15) is 42.8 Å². The van der Waals surface area contributed by atoms with Crippen LogP contribution < -0.4 is 15.8 Å². The van der Waals surface area contributed by atoms with Crippen molar-refractivity contribution >= 4 is 33.0 Å². The first-order chi connectivity index (χ1) is 10.1. The van der Waals surface area contributed by atoms with Gasteiger partial charge in [-0.15, -0.1) is 11.3 Å². The second-order valence-electron chi connectivity index (χ2n) is 5.20. The Labute approximate surface area is 129 Å². The first-order valence-electron chi connectivity index (χ1n) is 7.24. The molecule has 114 valence electrons. The molecule has 1 aromatic heterocycles. The summed E-state index contributed by atoms with van der Waals surface area (Å²) in [6.07, 6.45) is 3.22. The highest BCUT2D eigenvalue weighted by atomic mass is 32.1. The molecule has 1 atom stereocenters. The Morgan fingerprint density at radius 1 is 1.48 bits per heavy atom. The van der Waals surface area contributed by atoms with Crippen molar-refractivity contribution in [3.8, 4) is 5.75 Å². The van der Waals surface area contributed by atoms with E-state index in [1.54, 1.807) is 7.11 Å². The van der Waals surface area contributed by atoms with Crippen LogP contribution in [0.2, 0.25) is 0 Å². The van der Waals surface area contributed by atoms with Crippen molar-refractivity contribution in [2.75, 3.05) is 12.8 Å². The Kier molecular flexibility index (Phi) is 5.07. The monoisotopic (exact) mass is 306 g/mol. The minimum atomic E-state index is -0.0978. The Balaban J connectivity index is 2.26. The average molecular weight is 306 g/mol. The van der Waals surface area contributed by atoms with E-state index in [0.717, 1.165) is 29.3 Å². The molecule has 3 N–H and O–H groups in total. The SMILES string of the molecule is CCCCC(C)NC(=O)c1sc2cccc(OC)c2c1N. The first kappa shape index (κ1) is 15.6. The van der Waals surface area contributed by atoms with E-state index in [4.69, 9.17) is 10.5 Å². The van der Waals surface area contributed by atoms with Crippen LogP contribution in [0.3, 0.4) is 0 Å². The summed E-state index contributed by atoms with van der Waals surface area (Å²) in [5, 5.41) is 3.85. The van der Waals surface area contributed by atoms with Gasteiger partial charge in [0.15, 0.2) is 0 Å². The number of carbonyl (C=O) groups is 1. The molecular weight excluding hydrogens is 284 g/mol. The summed E-state index contributed by atoms with van der Waals surface area (Å²) in [4.78, 5) is 13.0. The van der Waals surface area contributed by atoms with Crippen LogP contribution in [-0.4, -0.2) is 19.1 Å². The fraction of sp³-hybridized carbons (Fsp3) is 0.438. The van der Waals surface area contributed by atoms with Crippen molar-refractivity contribution in [3.05, 3.63) is 23.1 Å². The fourth-order valence-electron chi connectivity index (χ4n) is 2.35. The Hall–Kier alpha value is -1.75. The molecule has 5 heteroatoms. The third-order valence-corrected chi connectivity index (χ3v) is 4.68. The van der Waals surface area contributed by atoms with E-state index >= 15 is 0 Å². The smallest absolute Gasteiger partial charge is 0.263 e. The molecule has 0 aliphatic heterocycles. The third kappa shape index (κ3) is 3.29. The zero-order valence-electron chi connectivity index (χ0n) is 12.7. The zero-order chi connectivity index (χ0) is 15.4. The largest absolute Gasteiger partial charge is 0.496 e. The summed E-state index contributed by atoms with van der Waals surface area (Å²) in [6, 6.07) is 5.87. The molecule has 0 bridgehead atoms. The average Bonchev–Trinajstić information content (AvgIpc) is 2.82.